The van der Waals surface area contributed by atoms with Crippen LogP contribution in [-0.2, 0) is 0 Å². The number of thioether (sulfide) groups is 1. The van der Waals surface area contributed by atoms with Gasteiger partial charge in [-0.15, -0.1) is 0 Å². The first-order valence-electron chi connectivity index (χ1n) is 4.00. The Balaban J connectivity index is 3.63. The van der Waals surface area contributed by atoms with Crippen LogP contribution in [0.15, 0.2) is 0 Å². The van der Waals surface area contributed by atoms with E-state index in [0.29, 0.717) is 0 Å². The van der Waals surface area contributed by atoms with Crippen molar-refractivity contribution in [1.29, 1.82) is 0 Å². The van der Waals surface area contributed by atoms with E-state index in [1.54, 1.807) is 0 Å². The summed E-state index contributed by atoms with van der Waals surface area (Å²) in [6, 6.07) is 0. The highest BCUT2D eigenvalue weighted by Crippen LogP contribution is 2.29. The molecular formula is C7H14F3NO2S. The highest BCUT2D eigenvalue weighted by Gasteiger charge is 2.28. The molecule has 0 atom stereocenters. The van der Waals surface area contributed by atoms with Crippen LogP contribution in [0.2, 0.25) is 0 Å². The second kappa shape index (κ2) is 5.79. The van der Waals surface area contributed by atoms with Crippen LogP contribution in [0.4, 0.5) is 13.2 Å². The lowest BCUT2D eigenvalue weighted by atomic mass is 10.1. The molecule has 0 heterocycles. The molecule has 0 aliphatic carbocycles. The molecule has 14 heavy (non-hydrogen) atoms. The van der Waals surface area contributed by atoms with Crippen molar-refractivity contribution >= 4 is 11.8 Å². The maximum atomic E-state index is 11.7. The molecule has 0 amide bonds. The molecule has 0 aromatic rings. The zero-order valence-corrected chi connectivity index (χ0v) is 8.58. The van der Waals surface area contributed by atoms with Crippen molar-refractivity contribution in [3.8, 4) is 0 Å². The standard InChI is InChI=1S/C7H14F3NO2S/c1-6(4-12,5-13)11-2-3-14-7(8,9)10/h11-13H,2-5H2,1H3. The van der Waals surface area contributed by atoms with E-state index in [4.69, 9.17) is 10.2 Å². The maximum Gasteiger partial charge on any atom is 0.441 e. The van der Waals surface area contributed by atoms with Crippen molar-refractivity contribution in [2.75, 3.05) is 25.5 Å². The van der Waals surface area contributed by atoms with Crippen molar-refractivity contribution < 1.29 is 23.4 Å². The summed E-state index contributed by atoms with van der Waals surface area (Å²) in [6.07, 6.45) is 0. The minimum absolute atomic E-state index is 0.0851. The second-order valence-corrected chi connectivity index (χ2v) is 4.26. The second-order valence-electron chi connectivity index (χ2n) is 3.10. The summed E-state index contributed by atoms with van der Waals surface area (Å²) in [5.41, 5.74) is -5.14. The van der Waals surface area contributed by atoms with Crippen LogP contribution in [0.5, 0.6) is 0 Å². The summed E-state index contributed by atoms with van der Waals surface area (Å²) < 4.78 is 35.0. The first-order chi connectivity index (χ1) is 6.33. The fraction of sp³-hybridized carbons (Fsp3) is 1.00. The number of aliphatic hydroxyl groups excluding tert-OH is 2. The van der Waals surface area contributed by atoms with E-state index in [0.717, 1.165) is 0 Å². The number of alkyl halides is 3. The molecule has 0 aromatic carbocycles. The molecule has 3 nitrogen and oxygen atoms in total. The van der Waals surface area contributed by atoms with Gasteiger partial charge in [-0.2, -0.15) is 13.2 Å². The average molecular weight is 233 g/mol. The topological polar surface area (TPSA) is 52.5 Å². The summed E-state index contributed by atoms with van der Waals surface area (Å²) in [6.45, 7) is 0.980. The predicted octanol–water partition coefficient (Wildman–Crippen LogP) is 0.572. The lowest BCUT2D eigenvalue weighted by molar-refractivity contribution is -0.0328. The Kier molecular flexibility index (Phi) is 5.80. The molecule has 86 valence electrons. The molecule has 7 heteroatoms. The number of halogens is 3. The van der Waals surface area contributed by atoms with Crippen molar-refractivity contribution in [3.63, 3.8) is 0 Å². The van der Waals surface area contributed by atoms with E-state index in [1.807, 2.05) is 0 Å². The van der Waals surface area contributed by atoms with Gasteiger partial charge in [-0.05, 0) is 18.7 Å². The van der Waals surface area contributed by atoms with Gasteiger partial charge in [-0.3, -0.25) is 0 Å². The van der Waals surface area contributed by atoms with Gasteiger partial charge in [0.25, 0.3) is 0 Å². The SMILES string of the molecule is CC(CO)(CO)NCCSC(F)(F)F. The minimum Gasteiger partial charge on any atom is -0.394 e. The summed E-state index contributed by atoms with van der Waals surface area (Å²) in [5.74, 6) is -0.140. The van der Waals surface area contributed by atoms with Crippen molar-refractivity contribution in [1.82, 2.24) is 5.32 Å². The smallest absolute Gasteiger partial charge is 0.394 e. The maximum absolute atomic E-state index is 11.7. The van der Waals surface area contributed by atoms with E-state index in [1.165, 1.54) is 6.92 Å². The highest BCUT2D eigenvalue weighted by molar-refractivity contribution is 8.00. The molecule has 0 bridgehead atoms. The lowest BCUT2D eigenvalue weighted by Crippen LogP contribution is -2.49. The van der Waals surface area contributed by atoms with Crippen LogP contribution in [0, 0.1) is 0 Å². The third-order valence-electron chi connectivity index (χ3n) is 1.62. The van der Waals surface area contributed by atoms with Crippen molar-refractivity contribution in [2.24, 2.45) is 0 Å². The Morgan fingerprint density at radius 2 is 1.71 bits per heavy atom. The predicted molar refractivity (Wildman–Crippen MR) is 49.1 cm³/mol. The molecule has 0 fully saturated rings. The molecule has 0 aliphatic heterocycles. The van der Waals surface area contributed by atoms with Crippen molar-refractivity contribution in [3.05, 3.63) is 0 Å². The molecule has 0 aliphatic rings. The lowest BCUT2D eigenvalue weighted by Gasteiger charge is -2.26. The quantitative estimate of drug-likeness (QED) is 0.587. The fourth-order valence-electron chi connectivity index (χ4n) is 0.681. The van der Waals surface area contributed by atoms with E-state index < -0.39 is 11.0 Å². The first kappa shape index (κ1) is 14.0. The fourth-order valence-corrected chi connectivity index (χ4v) is 1.12. The zero-order chi connectivity index (χ0) is 11.2. The zero-order valence-electron chi connectivity index (χ0n) is 7.76. The molecule has 0 radical (unpaired) electrons. The van der Waals surface area contributed by atoms with Crippen molar-refractivity contribution in [2.45, 2.75) is 18.0 Å². The minimum atomic E-state index is -4.23. The van der Waals surface area contributed by atoms with Crippen LogP contribution in [-0.4, -0.2) is 46.8 Å². The molecule has 3 N–H and O–H groups in total. The largest absolute Gasteiger partial charge is 0.441 e. The Bertz CT molecular complexity index is 162. The monoisotopic (exact) mass is 233 g/mol. The van der Waals surface area contributed by atoms with Gasteiger partial charge in [0.1, 0.15) is 0 Å². The van der Waals surface area contributed by atoms with E-state index in [9.17, 15) is 13.2 Å². The Morgan fingerprint density at radius 3 is 2.07 bits per heavy atom. The Labute approximate surface area is 84.7 Å². The van der Waals surface area contributed by atoms with E-state index >= 15 is 0 Å². The Hall–Kier alpha value is 0.0200. The summed E-state index contributed by atoms with van der Waals surface area (Å²) >= 11 is -0.131. The Morgan fingerprint density at radius 1 is 1.21 bits per heavy atom. The molecule has 0 unspecified atom stereocenters. The number of rotatable bonds is 6. The van der Waals surface area contributed by atoms with Gasteiger partial charge in [0.2, 0.25) is 0 Å². The third kappa shape index (κ3) is 6.47. The number of nitrogens with one attached hydrogen (secondary N) is 1. The first-order valence-corrected chi connectivity index (χ1v) is 4.99. The van der Waals surface area contributed by atoms with E-state index in [2.05, 4.69) is 5.32 Å². The molecule has 0 aromatic heterocycles. The number of hydrogen-bond acceptors (Lipinski definition) is 4. The molecule has 0 saturated heterocycles. The summed E-state index contributed by atoms with van der Waals surface area (Å²) in [5, 5.41) is 20.2. The number of hydrogen-bond donors (Lipinski definition) is 3. The van der Waals surface area contributed by atoms with Crippen LogP contribution < -0.4 is 5.32 Å². The van der Waals surface area contributed by atoms with Gasteiger partial charge in [0, 0.05) is 12.3 Å². The van der Waals surface area contributed by atoms with Gasteiger partial charge in [-0.1, -0.05) is 0 Å². The van der Waals surface area contributed by atoms with Crippen LogP contribution in [0.25, 0.3) is 0 Å². The van der Waals surface area contributed by atoms with Gasteiger partial charge in [-0.25, -0.2) is 0 Å². The van der Waals surface area contributed by atoms with Gasteiger partial charge >= 0.3 is 5.51 Å². The molecular weight excluding hydrogens is 219 g/mol. The summed E-state index contributed by atoms with van der Waals surface area (Å²) in [7, 11) is 0. The molecule has 0 spiro atoms. The number of aliphatic hydroxyl groups is 2. The van der Waals surface area contributed by atoms with Crippen LogP contribution >= 0.6 is 11.8 Å². The van der Waals surface area contributed by atoms with Gasteiger partial charge < -0.3 is 15.5 Å². The third-order valence-corrected chi connectivity index (χ3v) is 2.35. The van der Waals surface area contributed by atoms with Gasteiger partial charge in [0.15, 0.2) is 0 Å². The van der Waals surface area contributed by atoms with Gasteiger partial charge in [0.05, 0.1) is 18.8 Å². The highest BCUT2D eigenvalue weighted by atomic mass is 32.2. The van der Waals surface area contributed by atoms with Crippen LogP contribution in [0.3, 0.4) is 0 Å². The molecule has 0 saturated carbocycles. The average Bonchev–Trinajstić information content (AvgIpc) is 2.11. The summed E-state index contributed by atoms with van der Waals surface area (Å²) in [4.78, 5) is 0. The normalized spacial score (nSPS) is 13.3. The van der Waals surface area contributed by atoms with E-state index in [-0.39, 0.29) is 37.3 Å². The van der Waals surface area contributed by atoms with Crippen LogP contribution in [0.1, 0.15) is 6.92 Å². The molecule has 0 rings (SSSR count).